The zero-order valence-corrected chi connectivity index (χ0v) is 12.9. The third kappa shape index (κ3) is 3.75. The highest BCUT2D eigenvalue weighted by molar-refractivity contribution is 5.24. The lowest BCUT2D eigenvalue weighted by Crippen LogP contribution is -2.48. The van der Waals surface area contributed by atoms with Crippen molar-refractivity contribution < 1.29 is 4.74 Å². The van der Waals surface area contributed by atoms with Crippen LogP contribution in [-0.4, -0.2) is 71.6 Å². The summed E-state index contributed by atoms with van der Waals surface area (Å²) in [6.07, 6.45) is 4.66. The van der Waals surface area contributed by atoms with E-state index >= 15 is 0 Å². The molecule has 0 radical (unpaired) electrons. The maximum absolute atomic E-state index is 5.91. The molecule has 2 N–H and O–H groups in total. The van der Waals surface area contributed by atoms with Crippen LogP contribution in [0.5, 0.6) is 0 Å². The summed E-state index contributed by atoms with van der Waals surface area (Å²) < 4.78 is 7.94. The second kappa shape index (κ2) is 6.77. The van der Waals surface area contributed by atoms with E-state index in [0.29, 0.717) is 18.0 Å². The number of aromatic nitrogens is 2. The van der Waals surface area contributed by atoms with Gasteiger partial charge in [0.15, 0.2) is 0 Å². The Hall–Kier alpha value is -1.11. The number of nitrogens with zero attached hydrogens (tertiary/aromatic N) is 4. The van der Waals surface area contributed by atoms with Gasteiger partial charge in [-0.25, -0.2) is 0 Å². The van der Waals surface area contributed by atoms with Gasteiger partial charge in [0.1, 0.15) is 5.82 Å². The molecule has 1 unspecified atom stereocenters. The number of nitrogens with two attached hydrogens (primary N) is 1. The normalized spacial score (nSPS) is 26.2. The Morgan fingerprint density at radius 1 is 1.29 bits per heavy atom. The van der Waals surface area contributed by atoms with Gasteiger partial charge in [-0.15, -0.1) is 0 Å². The van der Waals surface area contributed by atoms with Crippen molar-refractivity contribution in [2.75, 3.05) is 51.6 Å². The van der Waals surface area contributed by atoms with E-state index in [1.807, 2.05) is 16.9 Å². The Bertz CT molecular complexity index is 441. The van der Waals surface area contributed by atoms with Crippen LogP contribution in [0.3, 0.4) is 0 Å². The Labute approximate surface area is 126 Å². The molecular weight excluding hydrogens is 266 g/mol. The van der Waals surface area contributed by atoms with Crippen LogP contribution >= 0.6 is 0 Å². The number of piperidine rings is 1. The Morgan fingerprint density at radius 3 is 2.76 bits per heavy atom. The molecule has 3 rings (SSSR count). The number of morpholine rings is 1. The van der Waals surface area contributed by atoms with E-state index in [0.717, 1.165) is 58.7 Å². The fourth-order valence-corrected chi connectivity index (χ4v) is 3.39. The third-order valence-electron chi connectivity index (χ3n) is 4.69. The number of nitrogen functional groups attached to an aromatic ring is 1. The molecule has 2 aliphatic rings. The van der Waals surface area contributed by atoms with Gasteiger partial charge in [0, 0.05) is 38.9 Å². The SMILES string of the molecule is CCN1CCOC(CN2CCC(n3ccc(N)n3)CC2)C1. The number of anilines is 1. The Morgan fingerprint density at radius 2 is 2.10 bits per heavy atom. The molecule has 3 heterocycles. The summed E-state index contributed by atoms with van der Waals surface area (Å²) in [6.45, 7) is 9.69. The zero-order valence-electron chi connectivity index (χ0n) is 12.9. The highest BCUT2D eigenvalue weighted by Gasteiger charge is 2.25. The average molecular weight is 293 g/mol. The molecule has 0 saturated carbocycles. The van der Waals surface area contributed by atoms with Gasteiger partial charge in [-0.2, -0.15) is 5.10 Å². The van der Waals surface area contributed by atoms with Gasteiger partial charge in [-0.3, -0.25) is 9.58 Å². The molecule has 21 heavy (non-hydrogen) atoms. The van der Waals surface area contributed by atoms with Crippen molar-refractivity contribution in [1.29, 1.82) is 0 Å². The van der Waals surface area contributed by atoms with E-state index in [4.69, 9.17) is 10.5 Å². The molecular formula is C15H27N5O. The summed E-state index contributed by atoms with van der Waals surface area (Å²) in [4.78, 5) is 5.01. The Kier molecular flexibility index (Phi) is 4.77. The molecule has 0 bridgehead atoms. The van der Waals surface area contributed by atoms with Gasteiger partial charge in [0.05, 0.1) is 18.8 Å². The summed E-state index contributed by atoms with van der Waals surface area (Å²) in [7, 11) is 0. The minimum absolute atomic E-state index is 0.371. The molecule has 2 fully saturated rings. The van der Waals surface area contributed by atoms with Crippen LogP contribution in [0.2, 0.25) is 0 Å². The van der Waals surface area contributed by atoms with Crippen molar-refractivity contribution in [2.24, 2.45) is 0 Å². The van der Waals surface area contributed by atoms with E-state index in [1.165, 1.54) is 0 Å². The van der Waals surface area contributed by atoms with Gasteiger partial charge in [-0.1, -0.05) is 6.92 Å². The number of likely N-dealkylation sites (N-methyl/N-ethyl adjacent to an activating group) is 1. The number of hydrogen-bond acceptors (Lipinski definition) is 5. The Balaban J connectivity index is 1.45. The first kappa shape index (κ1) is 14.8. The van der Waals surface area contributed by atoms with Crippen molar-refractivity contribution in [3.8, 4) is 0 Å². The number of likely N-dealkylation sites (tertiary alicyclic amines) is 1. The quantitative estimate of drug-likeness (QED) is 0.891. The van der Waals surface area contributed by atoms with Crippen LogP contribution in [0.15, 0.2) is 12.3 Å². The smallest absolute Gasteiger partial charge is 0.145 e. The van der Waals surface area contributed by atoms with Crippen molar-refractivity contribution in [2.45, 2.75) is 31.9 Å². The van der Waals surface area contributed by atoms with Crippen LogP contribution in [0.25, 0.3) is 0 Å². The molecule has 118 valence electrons. The number of rotatable bonds is 4. The van der Waals surface area contributed by atoms with E-state index in [1.54, 1.807) is 0 Å². The molecule has 6 nitrogen and oxygen atoms in total. The highest BCUT2D eigenvalue weighted by atomic mass is 16.5. The lowest BCUT2D eigenvalue weighted by Gasteiger charge is -2.38. The van der Waals surface area contributed by atoms with Crippen LogP contribution < -0.4 is 5.73 Å². The first-order chi connectivity index (χ1) is 10.2. The summed E-state index contributed by atoms with van der Waals surface area (Å²) >= 11 is 0. The first-order valence-corrected chi connectivity index (χ1v) is 8.11. The van der Waals surface area contributed by atoms with E-state index < -0.39 is 0 Å². The average Bonchev–Trinajstić information content (AvgIpc) is 2.95. The highest BCUT2D eigenvalue weighted by Crippen LogP contribution is 2.22. The van der Waals surface area contributed by atoms with Crippen molar-refractivity contribution in [1.82, 2.24) is 19.6 Å². The molecule has 1 aromatic heterocycles. The molecule has 1 aromatic rings. The molecule has 0 amide bonds. The molecule has 2 saturated heterocycles. The van der Waals surface area contributed by atoms with E-state index in [2.05, 4.69) is 21.8 Å². The van der Waals surface area contributed by atoms with Gasteiger partial charge in [0.2, 0.25) is 0 Å². The summed E-state index contributed by atoms with van der Waals surface area (Å²) in [5.74, 6) is 0.618. The van der Waals surface area contributed by atoms with Gasteiger partial charge < -0.3 is 15.4 Å². The lowest BCUT2D eigenvalue weighted by atomic mass is 10.0. The van der Waals surface area contributed by atoms with Crippen LogP contribution in [0, 0.1) is 0 Å². The minimum atomic E-state index is 0.371. The predicted molar refractivity (Wildman–Crippen MR) is 83.2 cm³/mol. The van der Waals surface area contributed by atoms with Crippen LogP contribution in [-0.2, 0) is 4.74 Å². The largest absolute Gasteiger partial charge is 0.382 e. The monoisotopic (exact) mass is 293 g/mol. The van der Waals surface area contributed by atoms with Crippen molar-refractivity contribution in [3.05, 3.63) is 12.3 Å². The number of ether oxygens (including phenoxy) is 1. The maximum atomic E-state index is 5.91. The first-order valence-electron chi connectivity index (χ1n) is 8.11. The summed E-state index contributed by atoms with van der Waals surface area (Å²) in [6, 6.07) is 2.37. The second-order valence-electron chi connectivity index (χ2n) is 6.14. The molecule has 2 aliphatic heterocycles. The molecule has 1 atom stereocenters. The molecule has 0 aliphatic carbocycles. The van der Waals surface area contributed by atoms with Gasteiger partial charge in [0.25, 0.3) is 0 Å². The van der Waals surface area contributed by atoms with Crippen LogP contribution in [0.1, 0.15) is 25.8 Å². The van der Waals surface area contributed by atoms with Crippen molar-refractivity contribution >= 4 is 5.82 Å². The van der Waals surface area contributed by atoms with E-state index in [-0.39, 0.29) is 0 Å². The third-order valence-corrected chi connectivity index (χ3v) is 4.69. The number of hydrogen-bond donors (Lipinski definition) is 1. The molecule has 0 aromatic carbocycles. The lowest BCUT2D eigenvalue weighted by molar-refractivity contribution is -0.0451. The van der Waals surface area contributed by atoms with Gasteiger partial charge in [-0.05, 0) is 25.5 Å². The predicted octanol–water partition coefficient (Wildman–Crippen LogP) is 0.823. The fourth-order valence-electron chi connectivity index (χ4n) is 3.39. The maximum Gasteiger partial charge on any atom is 0.145 e. The van der Waals surface area contributed by atoms with Crippen molar-refractivity contribution in [3.63, 3.8) is 0 Å². The van der Waals surface area contributed by atoms with Gasteiger partial charge >= 0.3 is 0 Å². The minimum Gasteiger partial charge on any atom is -0.382 e. The zero-order chi connectivity index (χ0) is 14.7. The fraction of sp³-hybridized carbons (Fsp3) is 0.800. The molecule has 0 spiro atoms. The standard InChI is InChI=1S/C15H27N5O/c1-2-18-9-10-21-14(11-18)12-19-6-3-13(4-7-19)20-8-5-15(16)17-20/h5,8,13-14H,2-4,6-7,9-12H2,1H3,(H2,16,17). The van der Waals surface area contributed by atoms with Crippen LogP contribution in [0.4, 0.5) is 5.82 Å². The second-order valence-corrected chi connectivity index (χ2v) is 6.14. The summed E-state index contributed by atoms with van der Waals surface area (Å²) in [5.41, 5.74) is 5.70. The topological polar surface area (TPSA) is 59.5 Å². The molecule has 6 heteroatoms. The van der Waals surface area contributed by atoms with E-state index in [9.17, 15) is 0 Å². The summed E-state index contributed by atoms with van der Waals surface area (Å²) in [5, 5.41) is 4.34.